The number of hydrogen-bond donors (Lipinski definition) is 2. The molecule has 1 amide bonds. The third kappa shape index (κ3) is 3.21. The van der Waals surface area contributed by atoms with Crippen LogP contribution in [0.15, 0.2) is 0 Å². The largest absolute Gasteiger partial charge is 0.349 e. The summed E-state index contributed by atoms with van der Waals surface area (Å²) in [7, 11) is 0. The summed E-state index contributed by atoms with van der Waals surface area (Å²) in [5.41, 5.74) is 5.47. The first-order chi connectivity index (χ1) is 8.02. The fourth-order valence-electron chi connectivity index (χ4n) is 2.72. The number of carbonyl (C=O) groups excluding carboxylic acids is 1. The molecule has 0 aliphatic heterocycles. The maximum atomic E-state index is 12.4. The standard InChI is InChI=1S/C14H28N2O/c1-4-14(5-2,11-15)16-12(17)13(3)9-7-6-8-10-13/h4-11,15H2,1-3H3,(H,16,17). The molecular formula is C14H28N2O. The Bertz CT molecular complexity index is 245. The normalized spacial score (nSPS) is 20.0. The van der Waals surface area contributed by atoms with E-state index in [2.05, 4.69) is 26.1 Å². The van der Waals surface area contributed by atoms with Crippen LogP contribution < -0.4 is 11.1 Å². The Hall–Kier alpha value is -0.570. The molecule has 1 aliphatic rings. The van der Waals surface area contributed by atoms with E-state index in [4.69, 9.17) is 5.73 Å². The summed E-state index contributed by atoms with van der Waals surface area (Å²) in [5, 5.41) is 3.23. The quantitative estimate of drug-likeness (QED) is 0.776. The van der Waals surface area contributed by atoms with Gasteiger partial charge >= 0.3 is 0 Å². The molecule has 0 aromatic rings. The van der Waals surface area contributed by atoms with Gasteiger partial charge < -0.3 is 11.1 Å². The van der Waals surface area contributed by atoms with Crippen molar-refractivity contribution in [3.8, 4) is 0 Å². The molecule has 0 aromatic carbocycles. The van der Waals surface area contributed by atoms with Crippen LogP contribution in [0, 0.1) is 5.41 Å². The molecule has 1 fully saturated rings. The summed E-state index contributed by atoms with van der Waals surface area (Å²) < 4.78 is 0. The molecule has 100 valence electrons. The van der Waals surface area contributed by atoms with Crippen molar-refractivity contribution in [2.24, 2.45) is 11.1 Å². The Labute approximate surface area is 106 Å². The zero-order chi connectivity index (χ0) is 12.9. The average molecular weight is 240 g/mol. The van der Waals surface area contributed by atoms with Crippen molar-refractivity contribution >= 4 is 5.91 Å². The van der Waals surface area contributed by atoms with E-state index in [1.54, 1.807) is 0 Å². The molecule has 0 aromatic heterocycles. The summed E-state index contributed by atoms with van der Waals surface area (Å²) in [6.45, 7) is 6.83. The van der Waals surface area contributed by atoms with Gasteiger partial charge in [0.15, 0.2) is 0 Å². The SMILES string of the molecule is CCC(CC)(CN)NC(=O)C1(C)CCCCC1. The molecule has 3 heteroatoms. The number of nitrogens with two attached hydrogens (primary N) is 1. The minimum Gasteiger partial charge on any atom is -0.349 e. The van der Waals surface area contributed by atoms with Crippen molar-refractivity contribution in [2.45, 2.75) is 71.3 Å². The second kappa shape index (κ2) is 5.85. The van der Waals surface area contributed by atoms with E-state index in [1.165, 1.54) is 19.3 Å². The van der Waals surface area contributed by atoms with Gasteiger partial charge in [-0.15, -0.1) is 0 Å². The predicted molar refractivity (Wildman–Crippen MR) is 71.7 cm³/mol. The summed E-state index contributed by atoms with van der Waals surface area (Å²) in [4.78, 5) is 12.4. The second-order valence-electron chi connectivity index (χ2n) is 5.77. The van der Waals surface area contributed by atoms with Crippen LogP contribution in [0.25, 0.3) is 0 Å². The number of amides is 1. The highest BCUT2D eigenvalue weighted by atomic mass is 16.2. The Morgan fingerprint density at radius 1 is 1.24 bits per heavy atom. The van der Waals surface area contributed by atoms with Gasteiger partial charge in [-0.05, 0) is 25.7 Å². The average Bonchev–Trinajstić information content (AvgIpc) is 2.37. The highest BCUT2D eigenvalue weighted by Crippen LogP contribution is 2.36. The molecule has 0 radical (unpaired) electrons. The smallest absolute Gasteiger partial charge is 0.226 e. The zero-order valence-electron chi connectivity index (χ0n) is 11.6. The minimum atomic E-state index is -0.197. The Kier molecular flexibility index (Phi) is 4.99. The molecule has 1 aliphatic carbocycles. The molecule has 17 heavy (non-hydrogen) atoms. The van der Waals surface area contributed by atoms with Crippen molar-refractivity contribution in [2.75, 3.05) is 6.54 Å². The Balaban J connectivity index is 2.69. The van der Waals surface area contributed by atoms with E-state index in [1.807, 2.05) is 0 Å². The maximum absolute atomic E-state index is 12.4. The van der Waals surface area contributed by atoms with Gasteiger partial charge in [0.1, 0.15) is 0 Å². The topological polar surface area (TPSA) is 55.1 Å². The summed E-state index contributed by atoms with van der Waals surface area (Å²) in [6.07, 6.45) is 7.48. The van der Waals surface area contributed by atoms with Gasteiger partial charge in [0.2, 0.25) is 5.91 Å². The molecule has 0 heterocycles. The van der Waals surface area contributed by atoms with Gasteiger partial charge in [0.05, 0.1) is 5.54 Å². The number of carbonyl (C=O) groups is 1. The summed E-state index contributed by atoms with van der Waals surface area (Å²) in [5.74, 6) is 0.214. The van der Waals surface area contributed by atoms with Gasteiger partial charge in [0, 0.05) is 12.0 Å². The second-order valence-corrected chi connectivity index (χ2v) is 5.77. The van der Waals surface area contributed by atoms with Crippen molar-refractivity contribution in [1.29, 1.82) is 0 Å². The maximum Gasteiger partial charge on any atom is 0.226 e. The number of nitrogens with one attached hydrogen (secondary N) is 1. The fourth-order valence-corrected chi connectivity index (χ4v) is 2.72. The molecule has 0 unspecified atom stereocenters. The predicted octanol–water partition coefficient (Wildman–Crippen LogP) is 2.59. The van der Waals surface area contributed by atoms with Crippen LogP contribution >= 0.6 is 0 Å². The van der Waals surface area contributed by atoms with Crippen LogP contribution in [0.1, 0.15) is 65.7 Å². The molecule has 0 bridgehead atoms. The fraction of sp³-hybridized carbons (Fsp3) is 0.929. The number of hydrogen-bond acceptors (Lipinski definition) is 2. The lowest BCUT2D eigenvalue weighted by molar-refractivity contribution is -0.134. The first-order valence-corrected chi connectivity index (χ1v) is 7.04. The lowest BCUT2D eigenvalue weighted by atomic mass is 9.74. The molecule has 3 nitrogen and oxygen atoms in total. The van der Waals surface area contributed by atoms with Crippen LogP contribution in [0.3, 0.4) is 0 Å². The third-order valence-corrected chi connectivity index (χ3v) is 4.63. The highest BCUT2D eigenvalue weighted by molar-refractivity contribution is 5.83. The van der Waals surface area contributed by atoms with Crippen molar-refractivity contribution in [3.05, 3.63) is 0 Å². The minimum absolute atomic E-state index is 0.164. The van der Waals surface area contributed by atoms with Gasteiger partial charge in [-0.1, -0.05) is 40.0 Å². The molecular weight excluding hydrogens is 212 g/mol. The molecule has 1 saturated carbocycles. The Morgan fingerprint density at radius 2 is 1.76 bits per heavy atom. The van der Waals surface area contributed by atoms with E-state index < -0.39 is 0 Å². The molecule has 0 spiro atoms. The van der Waals surface area contributed by atoms with Gasteiger partial charge in [-0.25, -0.2) is 0 Å². The third-order valence-electron chi connectivity index (χ3n) is 4.63. The molecule has 3 N–H and O–H groups in total. The lowest BCUT2D eigenvalue weighted by Gasteiger charge is -2.38. The van der Waals surface area contributed by atoms with Gasteiger partial charge in [-0.3, -0.25) is 4.79 Å². The van der Waals surface area contributed by atoms with E-state index in [-0.39, 0.29) is 16.9 Å². The van der Waals surface area contributed by atoms with Gasteiger partial charge in [0.25, 0.3) is 0 Å². The molecule has 0 atom stereocenters. The van der Waals surface area contributed by atoms with E-state index >= 15 is 0 Å². The van der Waals surface area contributed by atoms with E-state index in [0.717, 1.165) is 25.7 Å². The van der Waals surface area contributed by atoms with Crippen molar-refractivity contribution < 1.29 is 4.79 Å². The van der Waals surface area contributed by atoms with Crippen LogP contribution in [-0.4, -0.2) is 18.0 Å². The first kappa shape index (κ1) is 14.5. The summed E-state index contributed by atoms with van der Waals surface area (Å²) >= 11 is 0. The van der Waals surface area contributed by atoms with Crippen LogP contribution in [-0.2, 0) is 4.79 Å². The zero-order valence-corrected chi connectivity index (χ0v) is 11.6. The van der Waals surface area contributed by atoms with Crippen LogP contribution in [0.4, 0.5) is 0 Å². The Morgan fingerprint density at radius 3 is 2.18 bits per heavy atom. The first-order valence-electron chi connectivity index (χ1n) is 7.04. The van der Waals surface area contributed by atoms with Crippen molar-refractivity contribution in [1.82, 2.24) is 5.32 Å². The van der Waals surface area contributed by atoms with Gasteiger partial charge in [-0.2, -0.15) is 0 Å². The van der Waals surface area contributed by atoms with Crippen molar-refractivity contribution in [3.63, 3.8) is 0 Å². The van der Waals surface area contributed by atoms with Crippen LogP contribution in [0.5, 0.6) is 0 Å². The monoisotopic (exact) mass is 240 g/mol. The lowest BCUT2D eigenvalue weighted by Crippen LogP contribution is -2.56. The molecule has 0 saturated heterocycles. The molecule has 1 rings (SSSR count). The van der Waals surface area contributed by atoms with E-state index in [0.29, 0.717) is 6.54 Å². The number of rotatable bonds is 5. The van der Waals surface area contributed by atoms with E-state index in [9.17, 15) is 4.79 Å². The highest BCUT2D eigenvalue weighted by Gasteiger charge is 2.38. The summed E-state index contributed by atoms with van der Waals surface area (Å²) in [6, 6.07) is 0. The van der Waals surface area contributed by atoms with Crippen LogP contribution in [0.2, 0.25) is 0 Å².